The smallest absolute Gasteiger partial charge is 0.123 e. The summed E-state index contributed by atoms with van der Waals surface area (Å²) in [5, 5.41) is 3.27. The largest absolute Gasteiger partial charge is 0.491 e. The van der Waals surface area contributed by atoms with E-state index in [0.29, 0.717) is 18.8 Å². The maximum atomic E-state index is 5.86. The molecule has 1 aromatic rings. The molecule has 0 fully saturated rings. The predicted octanol–water partition coefficient (Wildman–Crippen LogP) is 2.13. The maximum absolute atomic E-state index is 5.86. The zero-order valence-electron chi connectivity index (χ0n) is 12.1. The van der Waals surface area contributed by atoms with Crippen molar-refractivity contribution in [2.24, 2.45) is 0 Å². The molecule has 0 aliphatic carbocycles. The van der Waals surface area contributed by atoms with Crippen molar-refractivity contribution in [1.29, 1.82) is 0 Å². The van der Waals surface area contributed by atoms with Gasteiger partial charge in [0.15, 0.2) is 0 Å². The first kappa shape index (κ1) is 15.6. The zero-order chi connectivity index (χ0) is 14.3. The molecule has 1 rings (SSSR count). The summed E-state index contributed by atoms with van der Waals surface area (Å²) in [5.74, 6) is 0.762. The van der Waals surface area contributed by atoms with Gasteiger partial charge < -0.3 is 25.3 Å². The number of nitrogen functional groups attached to an aromatic ring is 1. The highest BCUT2D eigenvalue weighted by Crippen LogP contribution is 2.23. The molecule has 19 heavy (non-hydrogen) atoms. The molecule has 1 aromatic carbocycles. The molecule has 5 nitrogen and oxygen atoms in total. The molecule has 3 N–H and O–H groups in total. The lowest BCUT2D eigenvalue weighted by atomic mass is 10.2. The Balaban J connectivity index is 2.64. The Hall–Kier alpha value is -1.46. The van der Waals surface area contributed by atoms with Crippen molar-refractivity contribution in [3.63, 3.8) is 0 Å². The van der Waals surface area contributed by atoms with Crippen LogP contribution in [-0.4, -0.2) is 39.6 Å². The van der Waals surface area contributed by atoms with Crippen LogP contribution in [0.3, 0.4) is 0 Å². The van der Waals surface area contributed by atoms with Crippen LogP contribution in [-0.2, 0) is 9.47 Å². The van der Waals surface area contributed by atoms with Crippen LogP contribution in [0.4, 0.5) is 11.4 Å². The Kier molecular flexibility index (Phi) is 6.45. The molecule has 0 saturated heterocycles. The summed E-state index contributed by atoms with van der Waals surface area (Å²) in [6.45, 7) is 5.15. The summed E-state index contributed by atoms with van der Waals surface area (Å²) in [5.41, 5.74) is 7.44. The number of hydrogen-bond donors (Lipinski definition) is 2. The normalized spacial score (nSPS) is 12.5. The molecular formula is C14H24N2O3. The Morgan fingerprint density at radius 3 is 2.53 bits per heavy atom. The molecule has 1 atom stereocenters. The molecule has 0 amide bonds. The van der Waals surface area contributed by atoms with Gasteiger partial charge in [-0.15, -0.1) is 0 Å². The van der Waals surface area contributed by atoms with E-state index < -0.39 is 0 Å². The van der Waals surface area contributed by atoms with Crippen LogP contribution in [0, 0.1) is 0 Å². The van der Waals surface area contributed by atoms with Gasteiger partial charge in [0.05, 0.1) is 18.8 Å². The molecule has 0 spiro atoms. The molecule has 5 heteroatoms. The monoisotopic (exact) mass is 268 g/mol. The van der Waals surface area contributed by atoms with Gasteiger partial charge in [-0.3, -0.25) is 0 Å². The van der Waals surface area contributed by atoms with Gasteiger partial charge in [-0.05, 0) is 19.9 Å². The number of nitrogens with one attached hydrogen (secondary N) is 1. The summed E-state index contributed by atoms with van der Waals surface area (Å²) in [6.07, 6.45) is 0.121. The van der Waals surface area contributed by atoms with E-state index >= 15 is 0 Å². The molecule has 0 saturated carbocycles. The third kappa shape index (κ3) is 5.81. The van der Waals surface area contributed by atoms with Crippen molar-refractivity contribution in [3.8, 4) is 5.75 Å². The van der Waals surface area contributed by atoms with Crippen LogP contribution >= 0.6 is 0 Å². The van der Waals surface area contributed by atoms with E-state index in [1.165, 1.54) is 0 Å². The average Bonchev–Trinajstić information content (AvgIpc) is 2.33. The lowest BCUT2D eigenvalue weighted by Gasteiger charge is -2.17. The van der Waals surface area contributed by atoms with E-state index in [1.54, 1.807) is 14.2 Å². The van der Waals surface area contributed by atoms with Gasteiger partial charge in [0.1, 0.15) is 5.75 Å². The van der Waals surface area contributed by atoms with E-state index in [1.807, 2.05) is 32.0 Å². The molecule has 0 aromatic heterocycles. The van der Waals surface area contributed by atoms with Gasteiger partial charge >= 0.3 is 0 Å². The van der Waals surface area contributed by atoms with Gasteiger partial charge in [0.25, 0.3) is 0 Å². The second-order valence-corrected chi connectivity index (χ2v) is 4.65. The highest BCUT2D eigenvalue weighted by molar-refractivity contribution is 5.59. The van der Waals surface area contributed by atoms with Gasteiger partial charge in [-0.25, -0.2) is 0 Å². The zero-order valence-corrected chi connectivity index (χ0v) is 12.1. The molecule has 0 radical (unpaired) electrons. The van der Waals surface area contributed by atoms with Gasteiger partial charge in [0.2, 0.25) is 0 Å². The number of methoxy groups -OCH3 is 2. The second kappa shape index (κ2) is 7.86. The molecular weight excluding hydrogens is 244 g/mol. The lowest BCUT2D eigenvalue weighted by molar-refractivity contribution is 0.0365. The van der Waals surface area contributed by atoms with E-state index in [9.17, 15) is 0 Å². The van der Waals surface area contributed by atoms with Crippen LogP contribution in [0.5, 0.6) is 5.75 Å². The molecule has 0 bridgehead atoms. The minimum Gasteiger partial charge on any atom is -0.491 e. The van der Waals surface area contributed by atoms with Crippen LogP contribution in [0.1, 0.15) is 13.8 Å². The number of nitrogens with two attached hydrogens (primary N) is 1. The topological polar surface area (TPSA) is 65.7 Å². The summed E-state index contributed by atoms with van der Waals surface area (Å²) >= 11 is 0. The van der Waals surface area contributed by atoms with Gasteiger partial charge in [0, 0.05) is 44.3 Å². The highest BCUT2D eigenvalue weighted by atomic mass is 16.5. The SMILES string of the molecule is COCC(CNc1cc(N)cc(OC(C)C)c1)OC. The predicted molar refractivity (Wildman–Crippen MR) is 77.8 cm³/mol. The minimum atomic E-state index is 0.000831. The Labute approximate surface area is 115 Å². The van der Waals surface area contributed by atoms with Crippen LogP contribution in [0.2, 0.25) is 0 Å². The number of benzene rings is 1. The minimum absolute atomic E-state index is 0.000831. The number of rotatable bonds is 8. The number of ether oxygens (including phenoxy) is 3. The third-order valence-electron chi connectivity index (χ3n) is 2.52. The standard InChI is InChI=1S/C14H24N2O3/c1-10(2)19-13-6-11(15)5-12(7-13)16-8-14(18-4)9-17-3/h5-7,10,14,16H,8-9,15H2,1-4H3. The fourth-order valence-corrected chi connectivity index (χ4v) is 1.69. The summed E-state index contributed by atoms with van der Waals surface area (Å²) in [4.78, 5) is 0. The first-order chi connectivity index (χ1) is 9.05. The molecule has 0 aliphatic heterocycles. The van der Waals surface area contributed by atoms with Crippen LogP contribution < -0.4 is 15.8 Å². The van der Waals surface area contributed by atoms with Crippen molar-refractivity contribution >= 4 is 11.4 Å². The average molecular weight is 268 g/mol. The van der Waals surface area contributed by atoms with E-state index in [4.69, 9.17) is 19.9 Å². The first-order valence-electron chi connectivity index (χ1n) is 6.38. The summed E-state index contributed by atoms with van der Waals surface area (Å²) < 4.78 is 16.0. The van der Waals surface area contributed by atoms with Gasteiger partial charge in [-0.1, -0.05) is 0 Å². The van der Waals surface area contributed by atoms with Crippen LogP contribution in [0.15, 0.2) is 18.2 Å². The van der Waals surface area contributed by atoms with Crippen molar-refractivity contribution in [1.82, 2.24) is 0 Å². The molecule has 0 heterocycles. The fourth-order valence-electron chi connectivity index (χ4n) is 1.69. The Bertz CT molecular complexity index is 383. The van der Waals surface area contributed by atoms with Crippen molar-refractivity contribution in [2.75, 3.05) is 38.4 Å². The highest BCUT2D eigenvalue weighted by Gasteiger charge is 2.07. The second-order valence-electron chi connectivity index (χ2n) is 4.65. The number of anilines is 2. The van der Waals surface area contributed by atoms with E-state index in [-0.39, 0.29) is 12.2 Å². The van der Waals surface area contributed by atoms with Crippen molar-refractivity contribution < 1.29 is 14.2 Å². The van der Waals surface area contributed by atoms with E-state index in [2.05, 4.69) is 5.32 Å². The van der Waals surface area contributed by atoms with Crippen LogP contribution in [0.25, 0.3) is 0 Å². The molecule has 0 aliphatic rings. The third-order valence-corrected chi connectivity index (χ3v) is 2.52. The summed E-state index contributed by atoms with van der Waals surface area (Å²) in [6, 6.07) is 5.61. The summed E-state index contributed by atoms with van der Waals surface area (Å²) in [7, 11) is 3.32. The first-order valence-corrected chi connectivity index (χ1v) is 6.38. The Morgan fingerprint density at radius 1 is 1.21 bits per heavy atom. The molecule has 1 unspecified atom stereocenters. The van der Waals surface area contributed by atoms with Crippen molar-refractivity contribution in [3.05, 3.63) is 18.2 Å². The fraction of sp³-hybridized carbons (Fsp3) is 0.571. The van der Waals surface area contributed by atoms with Gasteiger partial charge in [-0.2, -0.15) is 0 Å². The number of hydrogen-bond acceptors (Lipinski definition) is 5. The molecule has 108 valence electrons. The maximum Gasteiger partial charge on any atom is 0.123 e. The van der Waals surface area contributed by atoms with E-state index in [0.717, 1.165) is 11.4 Å². The van der Waals surface area contributed by atoms with Crippen molar-refractivity contribution in [2.45, 2.75) is 26.1 Å². The Morgan fingerprint density at radius 2 is 1.95 bits per heavy atom. The lowest BCUT2D eigenvalue weighted by Crippen LogP contribution is -2.26. The quantitative estimate of drug-likeness (QED) is 0.707.